The second-order valence-corrected chi connectivity index (χ2v) is 4.39. The highest BCUT2D eigenvalue weighted by atomic mass is 19.1. The van der Waals surface area contributed by atoms with Crippen molar-refractivity contribution in [3.63, 3.8) is 0 Å². The van der Waals surface area contributed by atoms with Crippen LogP contribution >= 0.6 is 0 Å². The maximum atomic E-state index is 12.8. The van der Waals surface area contributed by atoms with Crippen molar-refractivity contribution >= 4 is 11.9 Å². The number of aliphatic hydroxyl groups excluding tert-OH is 1. The standard InChI is InChI=1S/C13H14FNO4/c1-19-13(18)11-6-10(16)7-15(11)12(17)8-2-4-9(14)5-3-8/h2-5,10-11,16H,6-7H2,1H3/t10-,11+/m0/s1. The van der Waals surface area contributed by atoms with Gasteiger partial charge in [0.25, 0.3) is 5.91 Å². The molecule has 0 spiro atoms. The molecule has 1 fully saturated rings. The Kier molecular flexibility index (Phi) is 3.80. The van der Waals surface area contributed by atoms with Crippen molar-refractivity contribution in [2.45, 2.75) is 18.6 Å². The van der Waals surface area contributed by atoms with Gasteiger partial charge in [-0.15, -0.1) is 0 Å². The minimum absolute atomic E-state index is 0.0655. The molecule has 0 bridgehead atoms. The quantitative estimate of drug-likeness (QED) is 0.796. The first-order valence-electron chi connectivity index (χ1n) is 5.85. The number of nitrogens with zero attached hydrogens (tertiary/aromatic N) is 1. The molecular weight excluding hydrogens is 253 g/mol. The lowest BCUT2D eigenvalue weighted by Gasteiger charge is -2.22. The minimum atomic E-state index is -0.794. The molecule has 0 unspecified atom stereocenters. The van der Waals surface area contributed by atoms with Crippen molar-refractivity contribution in [3.8, 4) is 0 Å². The third kappa shape index (κ3) is 2.73. The fourth-order valence-electron chi connectivity index (χ4n) is 2.16. The van der Waals surface area contributed by atoms with Crippen molar-refractivity contribution in [3.05, 3.63) is 35.6 Å². The van der Waals surface area contributed by atoms with Crippen LogP contribution in [0.4, 0.5) is 4.39 Å². The predicted octanol–water partition coefficient (Wildman–Crippen LogP) is 0.574. The molecule has 5 nitrogen and oxygen atoms in total. The lowest BCUT2D eigenvalue weighted by molar-refractivity contribution is -0.145. The molecule has 6 heteroatoms. The number of methoxy groups -OCH3 is 1. The predicted molar refractivity (Wildman–Crippen MR) is 63.9 cm³/mol. The molecule has 1 aliphatic heterocycles. The summed E-state index contributed by atoms with van der Waals surface area (Å²) in [4.78, 5) is 25.0. The van der Waals surface area contributed by atoms with Crippen LogP contribution in [0.5, 0.6) is 0 Å². The zero-order chi connectivity index (χ0) is 14.0. The van der Waals surface area contributed by atoms with Gasteiger partial charge < -0.3 is 14.7 Å². The van der Waals surface area contributed by atoms with Gasteiger partial charge in [-0.05, 0) is 24.3 Å². The summed E-state index contributed by atoms with van der Waals surface area (Å²) in [7, 11) is 1.23. The molecule has 0 radical (unpaired) electrons. The van der Waals surface area contributed by atoms with Crippen LogP contribution in [0.25, 0.3) is 0 Å². The molecule has 102 valence electrons. The summed E-state index contributed by atoms with van der Waals surface area (Å²) in [6.07, 6.45) is -0.604. The third-order valence-electron chi connectivity index (χ3n) is 3.10. The average molecular weight is 267 g/mol. The van der Waals surface area contributed by atoms with Crippen molar-refractivity contribution in [1.82, 2.24) is 4.90 Å². The highest BCUT2D eigenvalue weighted by molar-refractivity contribution is 5.97. The number of likely N-dealkylation sites (tertiary alicyclic amines) is 1. The summed E-state index contributed by atoms with van der Waals surface area (Å²) in [5.41, 5.74) is 0.268. The number of rotatable bonds is 2. The minimum Gasteiger partial charge on any atom is -0.467 e. The lowest BCUT2D eigenvalue weighted by atomic mass is 10.1. The van der Waals surface area contributed by atoms with Crippen molar-refractivity contribution in [1.29, 1.82) is 0 Å². The number of hydrogen-bond donors (Lipinski definition) is 1. The molecule has 2 atom stereocenters. The Labute approximate surface area is 109 Å². The van der Waals surface area contributed by atoms with Gasteiger partial charge in [-0.1, -0.05) is 0 Å². The molecule has 1 aromatic rings. The van der Waals surface area contributed by atoms with E-state index in [0.29, 0.717) is 0 Å². The van der Waals surface area contributed by atoms with E-state index in [0.717, 1.165) is 0 Å². The van der Waals surface area contributed by atoms with Crippen LogP contribution in [-0.4, -0.2) is 47.7 Å². The highest BCUT2D eigenvalue weighted by Crippen LogP contribution is 2.21. The van der Waals surface area contributed by atoms with Gasteiger partial charge in [0, 0.05) is 18.5 Å². The van der Waals surface area contributed by atoms with Crippen molar-refractivity contribution in [2.75, 3.05) is 13.7 Å². The van der Waals surface area contributed by atoms with Gasteiger partial charge >= 0.3 is 5.97 Å². The molecule has 0 saturated carbocycles. The van der Waals surface area contributed by atoms with E-state index in [-0.39, 0.29) is 18.5 Å². The number of hydrogen-bond acceptors (Lipinski definition) is 4. The van der Waals surface area contributed by atoms with E-state index in [2.05, 4.69) is 4.74 Å². The first-order valence-corrected chi connectivity index (χ1v) is 5.85. The number of ether oxygens (including phenoxy) is 1. The van der Waals surface area contributed by atoms with Gasteiger partial charge in [0.1, 0.15) is 11.9 Å². The van der Waals surface area contributed by atoms with E-state index in [1.54, 1.807) is 0 Å². The normalized spacial score (nSPS) is 22.4. The molecule has 0 aliphatic carbocycles. The summed E-state index contributed by atoms with van der Waals surface area (Å²) in [5, 5.41) is 9.59. The number of carbonyl (C=O) groups excluding carboxylic acids is 2. The smallest absolute Gasteiger partial charge is 0.328 e. The number of esters is 1. The van der Waals surface area contributed by atoms with Gasteiger partial charge in [-0.25, -0.2) is 9.18 Å². The zero-order valence-electron chi connectivity index (χ0n) is 10.4. The number of aliphatic hydroxyl groups is 1. The van der Waals surface area contributed by atoms with Crippen LogP contribution in [0.15, 0.2) is 24.3 Å². The van der Waals surface area contributed by atoms with Gasteiger partial charge in [-0.3, -0.25) is 4.79 Å². The van der Waals surface area contributed by atoms with Crippen LogP contribution in [0.2, 0.25) is 0 Å². The number of carbonyl (C=O) groups is 2. The van der Waals surface area contributed by atoms with E-state index < -0.39 is 29.8 Å². The van der Waals surface area contributed by atoms with Crippen LogP contribution in [0, 0.1) is 5.82 Å². The maximum absolute atomic E-state index is 12.8. The fraction of sp³-hybridized carbons (Fsp3) is 0.385. The molecule has 1 aliphatic rings. The second kappa shape index (κ2) is 5.36. The Balaban J connectivity index is 2.21. The summed E-state index contributed by atoms with van der Waals surface area (Å²) in [6.45, 7) is 0.0655. The molecule has 19 heavy (non-hydrogen) atoms. The molecule has 1 heterocycles. The summed E-state index contributed by atoms with van der Waals surface area (Å²) >= 11 is 0. The molecule has 1 amide bonds. The van der Waals surface area contributed by atoms with E-state index in [9.17, 15) is 19.1 Å². The van der Waals surface area contributed by atoms with E-state index >= 15 is 0 Å². The largest absolute Gasteiger partial charge is 0.467 e. The SMILES string of the molecule is COC(=O)[C@H]1C[C@H](O)CN1C(=O)c1ccc(F)cc1. The fourth-order valence-corrected chi connectivity index (χ4v) is 2.16. The molecule has 1 saturated heterocycles. The van der Waals surface area contributed by atoms with E-state index in [1.807, 2.05) is 0 Å². The molecular formula is C13H14FNO4. The molecule has 0 aromatic heterocycles. The Morgan fingerprint density at radius 3 is 2.58 bits per heavy atom. The monoisotopic (exact) mass is 267 g/mol. The van der Waals surface area contributed by atoms with Crippen molar-refractivity contribution < 1.29 is 23.8 Å². The third-order valence-corrected chi connectivity index (χ3v) is 3.10. The van der Waals surface area contributed by atoms with Crippen LogP contribution in [0.3, 0.4) is 0 Å². The van der Waals surface area contributed by atoms with Crippen LogP contribution in [0.1, 0.15) is 16.8 Å². The highest BCUT2D eigenvalue weighted by Gasteiger charge is 2.39. The van der Waals surface area contributed by atoms with Gasteiger partial charge in [0.2, 0.25) is 0 Å². The maximum Gasteiger partial charge on any atom is 0.328 e. The average Bonchev–Trinajstić information content (AvgIpc) is 2.80. The Morgan fingerprint density at radius 1 is 1.37 bits per heavy atom. The Hall–Kier alpha value is -1.95. The van der Waals surface area contributed by atoms with Gasteiger partial charge in [0.15, 0.2) is 0 Å². The van der Waals surface area contributed by atoms with E-state index in [1.165, 1.54) is 36.3 Å². The number of halogens is 1. The summed E-state index contributed by atoms with van der Waals surface area (Å²) in [5.74, 6) is -1.43. The topological polar surface area (TPSA) is 66.8 Å². The van der Waals surface area contributed by atoms with Crippen molar-refractivity contribution in [2.24, 2.45) is 0 Å². The Bertz CT molecular complexity index is 488. The summed E-state index contributed by atoms with van der Waals surface area (Å²) < 4.78 is 17.4. The van der Waals surface area contributed by atoms with Gasteiger partial charge in [0.05, 0.1) is 13.2 Å². The van der Waals surface area contributed by atoms with E-state index in [4.69, 9.17) is 0 Å². The molecule has 1 aromatic carbocycles. The zero-order valence-corrected chi connectivity index (χ0v) is 10.4. The summed E-state index contributed by atoms with van der Waals surface area (Å²) in [6, 6.07) is 4.24. The molecule has 1 N–H and O–H groups in total. The lowest BCUT2D eigenvalue weighted by Crippen LogP contribution is -2.41. The number of β-amino-alcohol motifs (C(OH)–C–C–N with tert-alkyl or cyclic N) is 1. The second-order valence-electron chi connectivity index (χ2n) is 4.39. The molecule has 2 rings (SSSR count). The van der Waals surface area contributed by atoms with Crippen LogP contribution < -0.4 is 0 Å². The first-order chi connectivity index (χ1) is 9.02. The first kappa shape index (κ1) is 13.5. The Morgan fingerprint density at radius 2 is 2.00 bits per heavy atom. The van der Waals surface area contributed by atoms with Gasteiger partial charge in [-0.2, -0.15) is 0 Å². The number of benzene rings is 1. The van der Waals surface area contributed by atoms with Crippen LogP contribution in [-0.2, 0) is 9.53 Å². The number of amides is 1.